The molecule has 3 aromatic rings. The molecule has 0 unspecified atom stereocenters. The van der Waals surface area contributed by atoms with Gasteiger partial charge in [-0.3, -0.25) is 10.1 Å². The first-order valence-electron chi connectivity index (χ1n) is 8.38. The number of anilines is 1. The molecule has 0 radical (unpaired) electrons. The van der Waals surface area contributed by atoms with Crippen molar-refractivity contribution in [1.29, 1.82) is 0 Å². The fourth-order valence-electron chi connectivity index (χ4n) is 2.43. The van der Waals surface area contributed by atoms with E-state index >= 15 is 0 Å². The van der Waals surface area contributed by atoms with Crippen molar-refractivity contribution in [3.05, 3.63) is 59.2 Å². The van der Waals surface area contributed by atoms with E-state index in [4.69, 9.17) is 9.26 Å². The summed E-state index contributed by atoms with van der Waals surface area (Å²) >= 11 is 0. The predicted molar refractivity (Wildman–Crippen MR) is 99.1 cm³/mol. The number of rotatable bonds is 5. The summed E-state index contributed by atoms with van der Waals surface area (Å²) in [4.78, 5) is 16.5. The molecular formula is C20H21N3O3. The summed E-state index contributed by atoms with van der Waals surface area (Å²) in [5.41, 5.74) is 4.17. The van der Waals surface area contributed by atoms with Crippen LogP contribution in [0.2, 0.25) is 0 Å². The Morgan fingerprint density at radius 3 is 2.65 bits per heavy atom. The van der Waals surface area contributed by atoms with E-state index in [1.54, 1.807) is 6.92 Å². The average molecular weight is 351 g/mol. The minimum Gasteiger partial charge on any atom is -0.481 e. The van der Waals surface area contributed by atoms with Gasteiger partial charge in [-0.15, -0.1) is 0 Å². The highest BCUT2D eigenvalue weighted by atomic mass is 16.5. The molecule has 1 aromatic heterocycles. The van der Waals surface area contributed by atoms with Gasteiger partial charge in [-0.05, 0) is 68.2 Å². The van der Waals surface area contributed by atoms with Gasteiger partial charge in [0.15, 0.2) is 6.10 Å². The van der Waals surface area contributed by atoms with Gasteiger partial charge in [0.25, 0.3) is 17.7 Å². The van der Waals surface area contributed by atoms with Crippen LogP contribution in [0.3, 0.4) is 0 Å². The molecule has 2 aromatic carbocycles. The third-order valence-corrected chi connectivity index (χ3v) is 4.09. The second-order valence-electron chi connectivity index (χ2n) is 6.29. The fraction of sp³-hybridized carbons (Fsp3) is 0.250. The van der Waals surface area contributed by atoms with Gasteiger partial charge < -0.3 is 9.26 Å². The van der Waals surface area contributed by atoms with Gasteiger partial charge >= 0.3 is 0 Å². The Morgan fingerprint density at radius 1 is 1.12 bits per heavy atom. The van der Waals surface area contributed by atoms with Gasteiger partial charge in [0.2, 0.25) is 0 Å². The number of nitrogens with one attached hydrogen (secondary N) is 1. The monoisotopic (exact) mass is 351 g/mol. The van der Waals surface area contributed by atoms with Gasteiger partial charge in [0, 0.05) is 5.56 Å². The van der Waals surface area contributed by atoms with Crippen LogP contribution in [0.1, 0.15) is 23.6 Å². The zero-order valence-corrected chi connectivity index (χ0v) is 15.2. The topological polar surface area (TPSA) is 77.2 Å². The summed E-state index contributed by atoms with van der Waals surface area (Å²) in [6.07, 6.45) is -0.696. The van der Waals surface area contributed by atoms with Crippen LogP contribution in [0.15, 0.2) is 47.0 Å². The number of carbonyl (C=O) groups is 1. The van der Waals surface area contributed by atoms with Gasteiger partial charge in [0.1, 0.15) is 5.75 Å². The van der Waals surface area contributed by atoms with Crippen LogP contribution in [0.25, 0.3) is 11.5 Å². The number of ether oxygens (including phenoxy) is 1. The lowest BCUT2D eigenvalue weighted by Gasteiger charge is -2.14. The maximum Gasteiger partial charge on any atom is 0.270 e. The Morgan fingerprint density at radius 2 is 1.92 bits per heavy atom. The van der Waals surface area contributed by atoms with Gasteiger partial charge in [0.05, 0.1) is 0 Å². The number of nitrogens with zero attached hydrogens (tertiary/aromatic N) is 2. The maximum absolute atomic E-state index is 12.3. The van der Waals surface area contributed by atoms with E-state index in [9.17, 15) is 4.79 Å². The number of aromatic nitrogens is 2. The standard InChI is InChI=1S/C20H21N3O3/c1-12-6-5-7-16(10-12)19-22-20(23-26-19)21-18(24)15(4)25-17-9-8-13(2)14(3)11-17/h5-11,15H,1-4H3,(H,21,23,24)/t15-/m0/s1. The van der Waals surface area contributed by atoms with Crippen molar-refractivity contribution < 1.29 is 14.1 Å². The molecule has 0 spiro atoms. The van der Waals surface area contributed by atoms with Crippen LogP contribution >= 0.6 is 0 Å². The Kier molecular flexibility index (Phi) is 5.02. The number of benzene rings is 2. The molecule has 134 valence electrons. The molecule has 3 rings (SSSR count). The lowest BCUT2D eigenvalue weighted by atomic mass is 10.1. The van der Waals surface area contributed by atoms with Crippen LogP contribution < -0.4 is 10.1 Å². The largest absolute Gasteiger partial charge is 0.481 e. The van der Waals surface area contributed by atoms with Gasteiger partial charge in [-0.2, -0.15) is 4.98 Å². The molecule has 0 aliphatic heterocycles. The van der Waals surface area contributed by atoms with Crippen molar-refractivity contribution in [3.8, 4) is 17.2 Å². The molecule has 0 saturated heterocycles. The van der Waals surface area contributed by atoms with Crippen LogP contribution in [-0.4, -0.2) is 22.2 Å². The Labute approximate surface area is 152 Å². The Bertz CT molecular complexity index is 934. The summed E-state index contributed by atoms with van der Waals surface area (Å²) < 4.78 is 10.9. The van der Waals surface area contributed by atoms with Crippen molar-refractivity contribution in [2.75, 3.05) is 5.32 Å². The van der Waals surface area contributed by atoms with E-state index in [0.29, 0.717) is 11.6 Å². The van der Waals surface area contributed by atoms with Crippen molar-refractivity contribution >= 4 is 11.9 Å². The first-order chi connectivity index (χ1) is 12.4. The third-order valence-electron chi connectivity index (χ3n) is 4.09. The first-order valence-corrected chi connectivity index (χ1v) is 8.38. The van der Waals surface area contributed by atoms with Crippen LogP contribution in [-0.2, 0) is 4.79 Å². The predicted octanol–water partition coefficient (Wildman–Crippen LogP) is 4.07. The number of aryl methyl sites for hydroxylation is 3. The van der Waals surface area contributed by atoms with Gasteiger partial charge in [-0.25, -0.2) is 0 Å². The number of hydrogen-bond donors (Lipinski definition) is 1. The van der Waals surface area contributed by atoms with Crippen molar-refractivity contribution in [2.24, 2.45) is 0 Å². The van der Waals surface area contributed by atoms with Crippen LogP contribution in [0.5, 0.6) is 5.75 Å². The fourth-order valence-corrected chi connectivity index (χ4v) is 2.43. The Hall–Kier alpha value is -3.15. The minimum absolute atomic E-state index is 0.113. The number of amides is 1. The highest BCUT2D eigenvalue weighted by Crippen LogP contribution is 2.20. The van der Waals surface area contributed by atoms with Crippen LogP contribution in [0.4, 0.5) is 5.95 Å². The summed E-state index contributed by atoms with van der Waals surface area (Å²) in [5.74, 6) is 0.762. The average Bonchev–Trinajstić information content (AvgIpc) is 3.06. The molecular weight excluding hydrogens is 330 g/mol. The SMILES string of the molecule is Cc1cccc(-c2nc(NC(=O)[C@H](C)Oc3ccc(C)c(C)c3)no2)c1. The van der Waals surface area contributed by atoms with Crippen molar-refractivity contribution in [2.45, 2.75) is 33.8 Å². The molecule has 0 aliphatic carbocycles. The van der Waals surface area contributed by atoms with E-state index in [0.717, 1.165) is 16.7 Å². The molecule has 6 nitrogen and oxygen atoms in total. The van der Waals surface area contributed by atoms with Crippen molar-refractivity contribution in [1.82, 2.24) is 10.1 Å². The summed E-state index contributed by atoms with van der Waals surface area (Å²) in [7, 11) is 0. The number of carbonyl (C=O) groups excluding carboxylic acids is 1. The summed E-state index contributed by atoms with van der Waals surface area (Å²) in [6, 6.07) is 13.4. The second-order valence-corrected chi connectivity index (χ2v) is 6.29. The first kappa shape index (κ1) is 17.7. The molecule has 0 saturated carbocycles. The molecule has 6 heteroatoms. The van der Waals surface area contributed by atoms with E-state index in [-0.39, 0.29) is 11.9 Å². The van der Waals surface area contributed by atoms with E-state index in [1.165, 1.54) is 5.56 Å². The van der Waals surface area contributed by atoms with Crippen LogP contribution in [0, 0.1) is 20.8 Å². The highest BCUT2D eigenvalue weighted by Gasteiger charge is 2.18. The molecule has 0 aliphatic rings. The summed E-state index contributed by atoms with van der Waals surface area (Å²) in [5, 5.41) is 6.42. The normalized spacial score (nSPS) is 11.8. The minimum atomic E-state index is -0.696. The molecule has 1 N–H and O–H groups in total. The van der Waals surface area contributed by atoms with E-state index < -0.39 is 6.10 Å². The lowest BCUT2D eigenvalue weighted by Crippen LogP contribution is -2.30. The Balaban J connectivity index is 1.65. The zero-order chi connectivity index (χ0) is 18.7. The number of hydrogen-bond acceptors (Lipinski definition) is 5. The molecule has 1 amide bonds. The van der Waals surface area contributed by atoms with E-state index in [2.05, 4.69) is 15.5 Å². The van der Waals surface area contributed by atoms with Crippen molar-refractivity contribution in [3.63, 3.8) is 0 Å². The third kappa shape index (κ3) is 4.08. The molecule has 0 fully saturated rings. The second kappa shape index (κ2) is 7.39. The molecule has 1 atom stereocenters. The lowest BCUT2D eigenvalue weighted by molar-refractivity contribution is -0.122. The maximum atomic E-state index is 12.3. The molecule has 1 heterocycles. The smallest absolute Gasteiger partial charge is 0.270 e. The molecule has 26 heavy (non-hydrogen) atoms. The van der Waals surface area contributed by atoms with Gasteiger partial charge in [-0.1, -0.05) is 23.8 Å². The zero-order valence-electron chi connectivity index (χ0n) is 15.2. The summed E-state index contributed by atoms with van der Waals surface area (Å²) in [6.45, 7) is 7.68. The highest BCUT2D eigenvalue weighted by molar-refractivity contribution is 5.92. The van der Waals surface area contributed by atoms with E-state index in [1.807, 2.05) is 63.2 Å². The molecule has 0 bridgehead atoms. The quantitative estimate of drug-likeness (QED) is 0.750.